The van der Waals surface area contributed by atoms with Crippen LogP contribution < -0.4 is 10.0 Å². The van der Waals surface area contributed by atoms with Crippen molar-refractivity contribution in [3.05, 3.63) is 17.9 Å². The van der Waals surface area contributed by atoms with Gasteiger partial charge < -0.3 is 9.73 Å². The van der Waals surface area contributed by atoms with Crippen LogP contribution in [0.2, 0.25) is 0 Å². The minimum atomic E-state index is -3.56. The van der Waals surface area contributed by atoms with Gasteiger partial charge in [0.15, 0.2) is 0 Å². The molecule has 0 radical (unpaired) electrons. The van der Waals surface area contributed by atoms with E-state index in [1.165, 1.54) is 12.5 Å². The molecule has 0 aliphatic heterocycles. The third kappa shape index (κ3) is 4.56. The molecule has 0 amide bonds. The summed E-state index contributed by atoms with van der Waals surface area (Å²) in [6.45, 7) is 8.59. The molecule has 21 heavy (non-hydrogen) atoms. The van der Waals surface area contributed by atoms with Crippen LogP contribution >= 0.6 is 0 Å². The van der Waals surface area contributed by atoms with Gasteiger partial charge in [-0.1, -0.05) is 6.42 Å². The van der Waals surface area contributed by atoms with Crippen LogP contribution in [0.25, 0.3) is 0 Å². The normalized spacial score (nSPS) is 18.5. The molecule has 0 saturated heterocycles. The summed E-state index contributed by atoms with van der Waals surface area (Å²) in [5, 5.41) is 3.27. The molecule has 1 aliphatic rings. The second-order valence-electron chi connectivity index (χ2n) is 6.93. The van der Waals surface area contributed by atoms with Crippen LogP contribution in [0.15, 0.2) is 21.6 Å². The Bertz CT molecular complexity index is 568. The van der Waals surface area contributed by atoms with Crippen LogP contribution in [-0.2, 0) is 16.6 Å². The highest BCUT2D eigenvalue weighted by atomic mass is 32.2. The fourth-order valence-corrected chi connectivity index (χ4v) is 3.55. The van der Waals surface area contributed by atoms with Gasteiger partial charge in [0, 0.05) is 11.6 Å². The van der Waals surface area contributed by atoms with Crippen molar-refractivity contribution in [1.29, 1.82) is 0 Å². The largest absolute Gasteiger partial charge is 0.447 e. The first-order valence-electron chi connectivity index (χ1n) is 7.53. The van der Waals surface area contributed by atoms with E-state index < -0.39 is 10.0 Å². The highest BCUT2D eigenvalue weighted by molar-refractivity contribution is 7.89. The highest BCUT2D eigenvalue weighted by Crippen LogP contribution is 2.30. The van der Waals surface area contributed by atoms with E-state index in [9.17, 15) is 8.42 Å². The summed E-state index contributed by atoms with van der Waals surface area (Å²) >= 11 is 0. The highest BCUT2D eigenvalue weighted by Gasteiger charge is 2.29. The smallest absolute Gasteiger partial charge is 0.274 e. The second-order valence-corrected chi connectivity index (χ2v) is 8.57. The van der Waals surface area contributed by atoms with E-state index in [4.69, 9.17) is 4.42 Å². The van der Waals surface area contributed by atoms with Crippen LogP contribution in [0.1, 0.15) is 52.7 Å². The lowest BCUT2D eigenvalue weighted by Gasteiger charge is -2.31. The van der Waals surface area contributed by atoms with Gasteiger partial charge in [0.05, 0.1) is 6.54 Å². The van der Waals surface area contributed by atoms with Crippen molar-refractivity contribution in [2.24, 2.45) is 5.92 Å². The Labute approximate surface area is 127 Å². The zero-order valence-corrected chi connectivity index (χ0v) is 14.1. The zero-order chi connectivity index (χ0) is 15.7. The van der Waals surface area contributed by atoms with Crippen LogP contribution in [0, 0.1) is 5.92 Å². The standard InChI is InChI=1S/C15H26N2O3S/c1-11(12-6-5-7-12)17-21(18,19)14-9-8-13(20-14)10-16-15(2,3)4/h8-9,11-12,16-17H,5-7,10H2,1-4H3. The quantitative estimate of drug-likeness (QED) is 0.847. The monoisotopic (exact) mass is 314 g/mol. The van der Waals surface area contributed by atoms with Gasteiger partial charge in [-0.2, -0.15) is 0 Å². The molecule has 1 atom stereocenters. The van der Waals surface area contributed by atoms with Gasteiger partial charge in [0.25, 0.3) is 10.0 Å². The lowest BCUT2D eigenvalue weighted by atomic mass is 9.81. The Kier molecular flexibility index (Phi) is 4.80. The van der Waals surface area contributed by atoms with Crippen molar-refractivity contribution in [3.8, 4) is 0 Å². The van der Waals surface area contributed by atoms with Crippen molar-refractivity contribution >= 4 is 10.0 Å². The lowest BCUT2D eigenvalue weighted by Crippen LogP contribution is -2.40. The van der Waals surface area contributed by atoms with Crippen LogP contribution in [0.5, 0.6) is 0 Å². The van der Waals surface area contributed by atoms with Gasteiger partial charge >= 0.3 is 0 Å². The molecule has 1 fully saturated rings. The van der Waals surface area contributed by atoms with E-state index in [1.54, 1.807) is 6.07 Å². The van der Waals surface area contributed by atoms with Gasteiger partial charge in [-0.05, 0) is 58.6 Å². The molecule has 1 unspecified atom stereocenters. The molecule has 120 valence electrons. The van der Waals surface area contributed by atoms with Crippen LogP contribution in [0.3, 0.4) is 0 Å². The summed E-state index contributed by atoms with van der Waals surface area (Å²) in [5.74, 6) is 1.08. The number of hydrogen-bond acceptors (Lipinski definition) is 4. The van der Waals surface area contributed by atoms with Crippen LogP contribution in [0.4, 0.5) is 0 Å². The predicted molar refractivity (Wildman–Crippen MR) is 82.4 cm³/mol. The third-order valence-electron chi connectivity index (χ3n) is 3.89. The Morgan fingerprint density at radius 1 is 1.33 bits per heavy atom. The SMILES string of the molecule is CC(NS(=O)(=O)c1ccc(CNC(C)(C)C)o1)C1CCC1. The van der Waals surface area contributed by atoms with E-state index >= 15 is 0 Å². The van der Waals surface area contributed by atoms with Crippen molar-refractivity contribution in [1.82, 2.24) is 10.0 Å². The molecule has 1 heterocycles. The van der Waals surface area contributed by atoms with Crippen molar-refractivity contribution in [2.45, 2.75) is 70.2 Å². The van der Waals surface area contributed by atoms with Crippen molar-refractivity contribution in [3.63, 3.8) is 0 Å². The Morgan fingerprint density at radius 2 is 2.00 bits per heavy atom. The van der Waals surface area contributed by atoms with Crippen molar-refractivity contribution in [2.75, 3.05) is 0 Å². The molecule has 1 aromatic heterocycles. The molecular weight excluding hydrogens is 288 g/mol. The number of rotatable bonds is 6. The first kappa shape index (κ1) is 16.5. The average molecular weight is 314 g/mol. The van der Waals surface area contributed by atoms with Gasteiger partial charge in [0.1, 0.15) is 5.76 Å². The number of nitrogens with one attached hydrogen (secondary N) is 2. The maximum atomic E-state index is 12.3. The predicted octanol–water partition coefficient (Wildman–Crippen LogP) is 2.63. The molecule has 2 N–H and O–H groups in total. The Morgan fingerprint density at radius 3 is 2.52 bits per heavy atom. The zero-order valence-electron chi connectivity index (χ0n) is 13.3. The first-order chi connectivity index (χ1) is 9.67. The summed E-state index contributed by atoms with van der Waals surface area (Å²) in [5.41, 5.74) is -0.0389. The molecule has 2 rings (SSSR count). The third-order valence-corrected chi connectivity index (χ3v) is 5.32. The summed E-state index contributed by atoms with van der Waals surface area (Å²) in [6.07, 6.45) is 3.39. The molecule has 0 bridgehead atoms. The van der Waals surface area contributed by atoms with Gasteiger partial charge in [-0.3, -0.25) is 0 Å². The maximum Gasteiger partial charge on any atom is 0.274 e. The van der Waals surface area contributed by atoms with Gasteiger partial charge in [-0.15, -0.1) is 0 Å². The minimum Gasteiger partial charge on any atom is -0.447 e. The first-order valence-corrected chi connectivity index (χ1v) is 9.02. The van der Waals surface area contributed by atoms with Crippen LogP contribution in [-0.4, -0.2) is 20.0 Å². The Hall–Kier alpha value is -0.850. The average Bonchev–Trinajstić information content (AvgIpc) is 2.71. The summed E-state index contributed by atoms with van der Waals surface area (Å²) in [4.78, 5) is 0. The molecule has 1 saturated carbocycles. The molecule has 6 heteroatoms. The van der Waals surface area contributed by atoms with E-state index in [1.807, 2.05) is 6.92 Å². The fraction of sp³-hybridized carbons (Fsp3) is 0.733. The topological polar surface area (TPSA) is 71.3 Å². The second kappa shape index (κ2) is 6.10. The van der Waals surface area contributed by atoms with Gasteiger partial charge in [-0.25, -0.2) is 13.1 Å². The Balaban J connectivity index is 1.98. The maximum absolute atomic E-state index is 12.3. The molecule has 5 nitrogen and oxygen atoms in total. The fourth-order valence-electron chi connectivity index (χ4n) is 2.29. The van der Waals surface area contributed by atoms with E-state index in [0.717, 1.165) is 12.8 Å². The summed E-state index contributed by atoms with van der Waals surface area (Å²) in [7, 11) is -3.56. The molecule has 1 aliphatic carbocycles. The molecule has 0 aromatic carbocycles. The van der Waals surface area contributed by atoms with E-state index in [0.29, 0.717) is 18.2 Å². The number of sulfonamides is 1. The van der Waals surface area contributed by atoms with E-state index in [2.05, 4.69) is 30.8 Å². The number of hydrogen-bond donors (Lipinski definition) is 2. The molecule has 0 spiro atoms. The summed E-state index contributed by atoms with van der Waals surface area (Å²) in [6, 6.07) is 3.20. The lowest BCUT2D eigenvalue weighted by molar-refractivity contribution is 0.259. The molecular formula is C15H26N2O3S. The van der Waals surface area contributed by atoms with E-state index in [-0.39, 0.29) is 16.7 Å². The van der Waals surface area contributed by atoms with Gasteiger partial charge in [0.2, 0.25) is 5.09 Å². The molecule has 1 aromatic rings. The van der Waals surface area contributed by atoms with Crippen molar-refractivity contribution < 1.29 is 12.8 Å². The summed E-state index contributed by atoms with van der Waals surface area (Å²) < 4.78 is 32.7. The number of furan rings is 1. The minimum absolute atomic E-state index is 0.000572.